The molecule has 0 saturated heterocycles. The molecular formula is C26H25NO4S2. The Balaban J connectivity index is 1.86. The summed E-state index contributed by atoms with van der Waals surface area (Å²) in [5, 5.41) is 4.11. The summed E-state index contributed by atoms with van der Waals surface area (Å²) in [6.07, 6.45) is 0.829. The molecule has 4 heterocycles. The third-order valence-electron chi connectivity index (χ3n) is 5.79. The van der Waals surface area contributed by atoms with Gasteiger partial charge in [0.15, 0.2) is 11.5 Å². The lowest BCUT2D eigenvalue weighted by atomic mass is 9.94. The maximum Gasteiger partial charge on any atom is 0.355 e. The number of methoxy groups -OCH3 is 2. The Bertz CT molecular complexity index is 1300. The molecule has 3 aromatic heterocycles. The van der Waals surface area contributed by atoms with Crippen LogP contribution in [0.5, 0.6) is 11.5 Å². The summed E-state index contributed by atoms with van der Waals surface area (Å²) in [7, 11) is 3.11. The van der Waals surface area contributed by atoms with E-state index in [9.17, 15) is 4.79 Å². The highest BCUT2D eigenvalue weighted by molar-refractivity contribution is 7.14. The minimum Gasteiger partial charge on any atom is -0.493 e. The van der Waals surface area contributed by atoms with Crippen LogP contribution in [0.15, 0.2) is 47.2 Å². The standard InChI is InChI=1S/C26H25NO4S2/c1-15(2)31-19-13-16-9-10-27-24(17(16)14-18(19)29-3)22(20-7-5-11-32-20)23(21-8-6-12-33-21)25(27)26(28)30-4/h5-8,11-15H,9-10H2,1-4H3. The Morgan fingerprint density at radius 1 is 1.00 bits per heavy atom. The zero-order valence-corrected chi connectivity index (χ0v) is 20.6. The van der Waals surface area contributed by atoms with E-state index in [1.54, 1.807) is 29.8 Å². The van der Waals surface area contributed by atoms with Crippen molar-refractivity contribution in [3.8, 4) is 43.6 Å². The zero-order valence-electron chi connectivity index (χ0n) is 19.0. The van der Waals surface area contributed by atoms with Crippen molar-refractivity contribution in [1.29, 1.82) is 0 Å². The topological polar surface area (TPSA) is 49.7 Å². The van der Waals surface area contributed by atoms with Crippen molar-refractivity contribution in [2.24, 2.45) is 0 Å². The van der Waals surface area contributed by atoms with Crippen LogP contribution in [-0.2, 0) is 17.7 Å². The minimum atomic E-state index is -0.322. The highest BCUT2D eigenvalue weighted by Gasteiger charge is 2.34. The van der Waals surface area contributed by atoms with Gasteiger partial charge in [0.2, 0.25) is 0 Å². The third-order valence-corrected chi connectivity index (χ3v) is 7.56. The van der Waals surface area contributed by atoms with Gasteiger partial charge in [0.25, 0.3) is 0 Å². The van der Waals surface area contributed by atoms with Gasteiger partial charge in [0.1, 0.15) is 5.69 Å². The maximum absolute atomic E-state index is 13.1. The molecule has 1 aromatic carbocycles. The number of esters is 1. The van der Waals surface area contributed by atoms with Gasteiger partial charge in [0.05, 0.1) is 26.0 Å². The van der Waals surface area contributed by atoms with E-state index in [0.29, 0.717) is 18.0 Å². The number of thiophene rings is 2. The monoisotopic (exact) mass is 479 g/mol. The molecule has 170 valence electrons. The van der Waals surface area contributed by atoms with E-state index in [1.807, 2.05) is 31.4 Å². The SMILES string of the molecule is COC(=O)c1c(-c2cccs2)c(-c2cccs2)c2n1CCc1cc(OC(C)C)c(OC)cc1-2. The Hall–Kier alpha value is -3.03. The fraction of sp³-hybridized carbons (Fsp3) is 0.269. The number of nitrogens with zero attached hydrogens (tertiary/aromatic N) is 1. The van der Waals surface area contributed by atoms with Gasteiger partial charge in [-0.05, 0) is 60.9 Å². The van der Waals surface area contributed by atoms with Crippen molar-refractivity contribution in [1.82, 2.24) is 4.57 Å². The van der Waals surface area contributed by atoms with Gasteiger partial charge in [-0.15, -0.1) is 22.7 Å². The summed E-state index contributed by atoms with van der Waals surface area (Å²) >= 11 is 3.30. The number of rotatable bonds is 6. The van der Waals surface area contributed by atoms with Gasteiger partial charge in [-0.1, -0.05) is 12.1 Å². The van der Waals surface area contributed by atoms with Gasteiger partial charge in [-0.2, -0.15) is 0 Å². The first-order valence-electron chi connectivity index (χ1n) is 10.8. The van der Waals surface area contributed by atoms with E-state index in [-0.39, 0.29) is 12.1 Å². The quantitative estimate of drug-likeness (QED) is 0.287. The second-order valence-corrected chi connectivity index (χ2v) is 10.0. The molecule has 0 saturated carbocycles. The normalized spacial score (nSPS) is 12.4. The maximum atomic E-state index is 13.1. The zero-order chi connectivity index (χ0) is 23.1. The summed E-state index contributed by atoms with van der Waals surface area (Å²) in [6.45, 7) is 4.70. The number of hydrogen-bond acceptors (Lipinski definition) is 6. The van der Waals surface area contributed by atoms with Crippen molar-refractivity contribution in [3.05, 3.63) is 58.4 Å². The molecule has 0 spiro atoms. The van der Waals surface area contributed by atoms with Gasteiger partial charge < -0.3 is 18.8 Å². The molecule has 0 bridgehead atoms. The van der Waals surface area contributed by atoms with E-state index in [4.69, 9.17) is 14.2 Å². The molecule has 5 nitrogen and oxygen atoms in total. The predicted molar refractivity (Wildman–Crippen MR) is 134 cm³/mol. The Morgan fingerprint density at radius 3 is 2.27 bits per heavy atom. The number of carbonyl (C=O) groups is 1. The molecule has 1 aliphatic rings. The van der Waals surface area contributed by atoms with Gasteiger partial charge in [0, 0.05) is 33.0 Å². The van der Waals surface area contributed by atoms with Crippen molar-refractivity contribution >= 4 is 28.6 Å². The first kappa shape index (κ1) is 21.8. The largest absolute Gasteiger partial charge is 0.493 e. The lowest BCUT2D eigenvalue weighted by molar-refractivity contribution is 0.0589. The van der Waals surface area contributed by atoms with Crippen molar-refractivity contribution < 1.29 is 19.0 Å². The number of aryl methyl sites for hydroxylation is 1. The molecule has 5 rings (SSSR count). The molecule has 0 atom stereocenters. The van der Waals surface area contributed by atoms with Crippen LogP contribution in [0.2, 0.25) is 0 Å². The lowest BCUT2D eigenvalue weighted by Gasteiger charge is -2.24. The van der Waals surface area contributed by atoms with E-state index in [0.717, 1.165) is 44.3 Å². The molecule has 0 N–H and O–H groups in total. The second-order valence-electron chi connectivity index (χ2n) is 8.12. The molecule has 1 aliphatic heterocycles. The minimum absolute atomic E-state index is 0.0439. The molecular weight excluding hydrogens is 454 g/mol. The highest BCUT2D eigenvalue weighted by Crippen LogP contribution is 2.51. The number of aromatic nitrogens is 1. The van der Waals surface area contributed by atoms with Crippen molar-refractivity contribution in [2.45, 2.75) is 32.9 Å². The molecule has 33 heavy (non-hydrogen) atoms. The molecule has 0 aliphatic carbocycles. The highest BCUT2D eigenvalue weighted by atomic mass is 32.1. The first-order valence-corrected chi connectivity index (χ1v) is 12.6. The fourth-order valence-corrected chi connectivity index (χ4v) is 6.07. The number of carbonyl (C=O) groups excluding carboxylic acids is 1. The van der Waals surface area contributed by atoms with Crippen LogP contribution in [0.25, 0.3) is 32.1 Å². The summed E-state index contributed by atoms with van der Waals surface area (Å²) in [5.74, 6) is 1.11. The van der Waals surface area contributed by atoms with Crippen LogP contribution in [-0.4, -0.2) is 30.9 Å². The molecule has 4 aromatic rings. The van der Waals surface area contributed by atoms with E-state index in [1.165, 1.54) is 12.7 Å². The Morgan fingerprint density at radius 2 is 1.70 bits per heavy atom. The fourth-order valence-electron chi connectivity index (χ4n) is 4.52. The van der Waals surface area contributed by atoms with Crippen LogP contribution in [0.4, 0.5) is 0 Å². The van der Waals surface area contributed by atoms with E-state index in [2.05, 4.69) is 34.2 Å². The van der Waals surface area contributed by atoms with Crippen LogP contribution < -0.4 is 9.47 Å². The lowest BCUT2D eigenvalue weighted by Crippen LogP contribution is -2.18. The smallest absolute Gasteiger partial charge is 0.355 e. The van der Waals surface area contributed by atoms with E-state index >= 15 is 0 Å². The van der Waals surface area contributed by atoms with Crippen LogP contribution in [0.1, 0.15) is 29.9 Å². The average Bonchev–Trinajstić information content (AvgIpc) is 3.56. The van der Waals surface area contributed by atoms with Crippen molar-refractivity contribution in [2.75, 3.05) is 14.2 Å². The number of fused-ring (bicyclic) bond motifs is 3. The Labute approximate surface area is 201 Å². The second kappa shape index (κ2) is 8.72. The van der Waals surface area contributed by atoms with Crippen LogP contribution >= 0.6 is 22.7 Å². The Kier molecular flexibility index (Phi) is 5.76. The first-order chi connectivity index (χ1) is 16.0. The number of ether oxygens (including phenoxy) is 3. The van der Waals surface area contributed by atoms with Crippen LogP contribution in [0, 0.1) is 0 Å². The number of benzene rings is 1. The van der Waals surface area contributed by atoms with Gasteiger partial charge in [-0.25, -0.2) is 4.79 Å². The van der Waals surface area contributed by atoms with Crippen molar-refractivity contribution in [3.63, 3.8) is 0 Å². The molecule has 0 fully saturated rings. The predicted octanol–water partition coefficient (Wildman–Crippen LogP) is 6.75. The van der Waals surface area contributed by atoms with Crippen LogP contribution in [0.3, 0.4) is 0 Å². The molecule has 0 unspecified atom stereocenters. The average molecular weight is 480 g/mol. The number of hydrogen-bond donors (Lipinski definition) is 0. The summed E-state index contributed by atoms with van der Waals surface area (Å²) < 4.78 is 19.1. The summed E-state index contributed by atoms with van der Waals surface area (Å²) in [4.78, 5) is 15.3. The van der Waals surface area contributed by atoms with Gasteiger partial charge in [-0.3, -0.25) is 0 Å². The van der Waals surface area contributed by atoms with Gasteiger partial charge >= 0.3 is 5.97 Å². The summed E-state index contributed by atoms with van der Waals surface area (Å²) in [5.41, 5.74) is 5.87. The van der Waals surface area contributed by atoms with E-state index < -0.39 is 0 Å². The molecule has 0 amide bonds. The molecule has 7 heteroatoms. The third kappa shape index (κ3) is 3.65. The molecule has 0 radical (unpaired) electrons. The summed E-state index contributed by atoms with van der Waals surface area (Å²) in [6, 6.07) is 12.4.